The van der Waals surface area contributed by atoms with Gasteiger partial charge < -0.3 is 20.3 Å². The highest BCUT2D eigenvalue weighted by atomic mass is 127. The lowest BCUT2D eigenvalue weighted by Crippen LogP contribution is -2.42. The average Bonchev–Trinajstić information content (AvgIpc) is 3.18. The summed E-state index contributed by atoms with van der Waals surface area (Å²) < 4.78 is 5.39. The maximum atomic E-state index is 11.9. The highest BCUT2D eigenvalue weighted by Crippen LogP contribution is 2.25. The fourth-order valence-electron chi connectivity index (χ4n) is 2.87. The van der Waals surface area contributed by atoms with Crippen molar-refractivity contribution in [3.05, 3.63) is 16.1 Å². The normalized spacial score (nSPS) is 15.3. The van der Waals surface area contributed by atoms with Gasteiger partial charge in [0.1, 0.15) is 6.54 Å². The van der Waals surface area contributed by atoms with Gasteiger partial charge in [0.15, 0.2) is 5.96 Å². The Morgan fingerprint density at radius 2 is 1.94 bits per heavy atom. The third kappa shape index (κ3) is 10.9. The molecular formula is C21H39IN6O2S. The predicted octanol–water partition coefficient (Wildman–Crippen LogP) is 1.95. The van der Waals surface area contributed by atoms with Crippen LogP contribution in [0.3, 0.4) is 0 Å². The van der Waals surface area contributed by atoms with Crippen LogP contribution in [-0.2, 0) is 21.4 Å². The summed E-state index contributed by atoms with van der Waals surface area (Å²) >= 11 is 1.71. The van der Waals surface area contributed by atoms with Crippen molar-refractivity contribution < 1.29 is 9.53 Å². The number of nitrogens with zero attached hydrogens (tertiary/aromatic N) is 4. The molecule has 0 unspecified atom stereocenters. The van der Waals surface area contributed by atoms with Crippen LogP contribution >= 0.6 is 35.3 Å². The first-order valence-corrected chi connectivity index (χ1v) is 11.6. The number of aromatic nitrogens is 1. The Balaban J connectivity index is 0.00000480. The Labute approximate surface area is 208 Å². The van der Waals surface area contributed by atoms with Crippen LogP contribution < -0.4 is 10.6 Å². The fourth-order valence-corrected chi connectivity index (χ4v) is 3.81. The van der Waals surface area contributed by atoms with Crippen LogP contribution in [0.25, 0.3) is 0 Å². The van der Waals surface area contributed by atoms with Gasteiger partial charge >= 0.3 is 0 Å². The topological polar surface area (TPSA) is 82.1 Å². The molecule has 2 heterocycles. The van der Waals surface area contributed by atoms with Crippen LogP contribution in [0.5, 0.6) is 0 Å². The number of nitrogens with one attached hydrogen (secondary N) is 2. The van der Waals surface area contributed by atoms with Gasteiger partial charge in [-0.1, -0.05) is 20.8 Å². The van der Waals surface area contributed by atoms with Crippen molar-refractivity contribution in [3.8, 4) is 0 Å². The summed E-state index contributed by atoms with van der Waals surface area (Å²) in [6.45, 7) is 12.9. The van der Waals surface area contributed by atoms with Crippen molar-refractivity contribution >= 4 is 47.2 Å². The second-order valence-corrected chi connectivity index (χ2v) is 9.62. The van der Waals surface area contributed by atoms with E-state index >= 15 is 0 Å². The second-order valence-electron chi connectivity index (χ2n) is 8.76. The molecule has 31 heavy (non-hydrogen) atoms. The number of rotatable bonds is 9. The molecule has 0 bridgehead atoms. The molecule has 0 aromatic carbocycles. The van der Waals surface area contributed by atoms with E-state index in [1.165, 1.54) is 0 Å². The first-order valence-electron chi connectivity index (χ1n) is 10.7. The molecule has 0 radical (unpaired) electrons. The highest BCUT2D eigenvalue weighted by molar-refractivity contribution is 14.0. The molecule has 1 aromatic rings. The molecule has 1 saturated heterocycles. The molecule has 1 aliphatic heterocycles. The van der Waals surface area contributed by atoms with Gasteiger partial charge in [-0.25, -0.2) is 9.98 Å². The van der Waals surface area contributed by atoms with Crippen LogP contribution in [-0.4, -0.2) is 93.2 Å². The number of hydrogen-bond donors (Lipinski definition) is 2. The summed E-state index contributed by atoms with van der Waals surface area (Å²) in [5.41, 5.74) is 1.17. The standard InChI is InChI=1S/C21H38N6O2S.HI/c1-21(2,3)19-25-17(16-30-19)7-9-23-20(24-15-18(28)26(4)5)22-8-6-10-27-11-13-29-14-12-27;/h16H,6-15H2,1-5H3,(H2,22,23,24);1H. The summed E-state index contributed by atoms with van der Waals surface area (Å²) in [6, 6.07) is 0. The van der Waals surface area contributed by atoms with E-state index in [1.54, 1.807) is 30.3 Å². The van der Waals surface area contributed by atoms with Gasteiger partial charge in [-0.3, -0.25) is 9.69 Å². The number of carbonyl (C=O) groups excluding carboxylic acids is 1. The monoisotopic (exact) mass is 566 g/mol. The molecule has 1 fully saturated rings. The molecule has 0 atom stereocenters. The Bertz CT molecular complexity index is 684. The van der Waals surface area contributed by atoms with Crippen LogP contribution in [0.15, 0.2) is 10.4 Å². The molecule has 0 aliphatic carbocycles. The lowest BCUT2D eigenvalue weighted by Gasteiger charge is -2.26. The third-order valence-corrected chi connectivity index (χ3v) is 6.10. The lowest BCUT2D eigenvalue weighted by molar-refractivity contribution is -0.127. The van der Waals surface area contributed by atoms with E-state index in [2.05, 4.69) is 46.7 Å². The SMILES string of the molecule is CN(C)C(=O)CN=C(NCCCN1CCOCC1)NCCc1csc(C(C)(C)C)n1.I. The highest BCUT2D eigenvalue weighted by Gasteiger charge is 2.17. The van der Waals surface area contributed by atoms with E-state index < -0.39 is 0 Å². The van der Waals surface area contributed by atoms with Gasteiger partial charge in [-0.15, -0.1) is 35.3 Å². The molecule has 1 amide bonds. The number of likely N-dealkylation sites (N-methyl/N-ethyl adjacent to an activating group) is 1. The van der Waals surface area contributed by atoms with E-state index in [0.29, 0.717) is 5.96 Å². The summed E-state index contributed by atoms with van der Waals surface area (Å²) in [5.74, 6) is 0.664. The Kier molecular flexibility index (Phi) is 12.9. The molecule has 0 spiro atoms. The number of ether oxygens (including phenoxy) is 1. The molecule has 0 saturated carbocycles. The van der Waals surface area contributed by atoms with Crippen LogP contribution in [0.4, 0.5) is 0 Å². The number of thiazole rings is 1. The van der Waals surface area contributed by atoms with Crippen LogP contribution in [0.2, 0.25) is 0 Å². The number of amides is 1. The molecule has 1 aromatic heterocycles. The third-order valence-electron chi connectivity index (χ3n) is 4.79. The minimum atomic E-state index is -0.0151. The maximum absolute atomic E-state index is 11.9. The number of aliphatic imine (C=N–C) groups is 1. The quantitative estimate of drug-likeness (QED) is 0.206. The predicted molar refractivity (Wildman–Crippen MR) is 139 cm³/mol. The van der Waals surface area contributed by atoms with Crippen LogP contribution in [0.1, 0.15) is 37.9 Å². The summed E-state index contributed by atoms with van der Waals surface area (Å²) in [7, 11) is 3.49. The Hall–Kier alpha value is -0.980. The zero-order valence-electron chi connectivity index (χ0n) is 19.6. The number of carbonyl (C=O) groups is 1. The van der Waals surface area contributed by atoms with Crippen molar-refractivity contribution in [3.63, 3.8) is 0 Å². The fraction of sp³-hybridized carbons (Fsp3) is 0.762. The number of hydrogen-bond acceptors (Lipinski definition) is 6. The molecule has 8 nitrogen and oxygen atoms in total. The van der Waals surface area contributed by atoms with Crippen molar-refractivity contribution in [1.82, 2.24) is 25.4 Å². The van der Waals surface area contributed by atoms with Gasteiger partial charge in [-0.2, -0.15) is 0 Å². The van der Waals surface area contributed by atoms with Gasteiger partial charge in [0, 0.05) is 57.5 Å². The van der Waals surface area contributed by atoms with Gasteiger partial charge in [0.05, 0.1) is 23.9 Å². The lowest BCUT2D eigenvalue weighted by atomic mass is 9.98. The first kappa shape index (κ1) is 28.1. The van der Waals surface area contributed by atoms with Crippen molar-refractivity contribution in [1.29, 1.82) is 0 Å². The van der Waals surface area contributed by atoms with Crippen LogP contribution in [0, 0.1) is 0 Å². The number of halogens is 1. The van der Waals surface area contributed by atoms with E-state index in [4.69, 9.17) is 9.72 Å². The van der Waals surface area contributed by atoms with Crippen molar-refractivity contribution in [2.24, 2.45) is 4.99 Å². The van der Waals surface area contributed by atoms with E-state index in [9.17, 15) is 4.79 Å². The minimum Gasteiger partial charge on any atom is -0.379 e. The van der Waals surface area contributed by atoms with Gasteiger partial charge in [0.25, 0.3) is 0 Å². The van der Waals surface area contributed by atoms with E-state index in [0.717, 1.165) is 69.5 Å². The summed E-state index contributed by atoms with van der Waals surface area (Å²) in [5, 5.41) is 10.00. The molecule has 10 heteroatoms. The van der Waals surface area contributed by atoms with E-state index in [1.807, 2.05) is 0 Å². The smallest absolute Gasteiger partial charge is 0.243 e. The molecule has 2 rings (SSSR count). The van der Waals surface area contributed by atoms with Crippen molar-refractivity contribution in [2.45, 2.75) is 39.0 Å². The minimum absolute atomic E-state index is 0. The molecule has 178 valence electrons. The second kappa shape index (κ2) is 14.2. The largest absolute Gasteiger partial charge is 0.379 e. The number of guanidine groups is 1. The zero-order valence-corrected chi connectivity index (χ0v) is 22.7. The molecular weight excluding hydrogens is 527 g/mol. The number of morpholine rings is 1. The van der Waals surface area contributed by atoms with E-state index in [-0.39, 0.29) is 41.8 Å². The van der Waals surface area contributed by atoms with Gasteiger partial charge in [-0.05, 0) is 13.0 Å². The summed E-state index contributed by atoms with van der Waals surface area (Å²) in [6.07, 6.45) is 1.84. The van der Waals surface area contributed by atoms with Crippen molar-refractivity contribution in [2.75, 3.05) is 66.6 Å². The summed E-state index contributed by atoms with van der Waals surface area (Å²) in [4.78, 5) is 25.1. The molecule has 2 N–H and O–H groups in total. The average molecular weight is 567 g/mol. The Morgan fingerprint density at radius 1 is 1.26 bits per heavy atom. The first-order chi connectivity index (χ1) is 14.3. The molecule has 1 aliphatic rings. The Morgan fingerprint density at radius 3 is 2.55 bits per heavy atom. The maximum Gasteiger partial charge on any atom is 0.243 e. The van der Waals surface area contributed by atoms with Gasteiger partial charge in [0.2, 0.25) is 5.91 Å². The zero-order chi connectivity index (χ0) is 22.0.